The number of amides is 1. The molecule has 8 heteroatoms. The van der Waals surface area contributed by atoms with Gasteiger partial charge in [0.15, 0.2) is 0 Å². The van der Waals surface area contributed by atoms with Gasteiger partial charge in [-0.25, -0.2) is 13.2 Å². The van der Waals surface area contributed by atoms with Crippen LogP contribution in [0.5, 0.6) is 0 Å². The smallest absolute Gasteiger partial charge is 0.326 e. The number of piperidine rings is 1. The highest BCUT2D eigenvalue weighted by atomic mass is 32.2. The Hall–Kier alpha value is -1.93. The average molecular weight is 366 g/mol. The van der Waals surface area contributed by atoms with Crippen molar-refractivity contribution in [3.8, 4) is 0 Å². The van der Waals surface area contributed by atoms with Gasteiger partial charge in [0.1, 0.15) is 6.04 Å². The summed E-state index contributed by atoms with van der Waals surface area (Å²) in [5.74, 6) is -1.42. The van der Waals surface area contributed by atoms with Crippen LogP contribution in [0, 0.1) is 5.92 Å². The molecule has 2 fully saturated rings. The molecule has 3 rings (SSSR count). The van der Waals surface area contributed by atoms with Crippen LogP contribution in [0.2, 0.25) is 0 Å². The van der Waals surface area contributed by atoms with E-state index >= 15 is 0 Å². The highest BCUT2D eigenvalue weighted by Crippen LogP contribution is 2.28. The zero-order chi connectivity index (χ0) is 18.0. The maximum Gasteiger partial charge on any atom is 0.326 e. The van der Waals surface area contributed by atoms with E-state index in [1.807, 2.05) is 0 Å². The molecule has 0 aromatic heterocycles. The van der Waals surface area contributed by atoms with Crippen molar-refractivity contribution in [1.29, 1.82) is 0 Å². The Morgan fingerprint density at radius 2 is 1.64 bits per heavy atom. The highest BCUT2D eigenvalue weighted by Gasteiger charge is 2.39. The van der Waals surface area contributed by atoms with Crippen LogP contribution in [0.3, 0.4) is 0 Å². The third kappa shape index (κ3) is 3.55. The average Bonchev–Trinajstić information content (AvgIpc) is 3.12. The summed E-state index contributed by atoms with van der Waals surface area (Å²) in [6.07, 6.45) is 2.04. The molecule has 0 aliphatic carbocycles. The molecule has 0 unspecified atom stereocenters. The molecule has 1 aromatic rings. The Morgan fingerprint density at radius 1 is 1.00 bits per heavy atom. The minimum Gasteiger partial charge on any atom is -0.480 e. The normalized spacial score (nSPS) is 22.9. The van der Waals surface area contributed by atoms with Gasteiger partial charge in [0.2, 0.25) is 15.9 Å². The van der Waals surface area contributed by atoms with Crippen molar-refractivity contribution < 1.29 is 23.1 Å². The fourth-order valence-corrected chi connectivity index (χ4v) is 5.10. The second-order valence-corrected chi connectivity index (χ2v) is 8.46. The molecule has 1 amide bonds. The second-order valence-electron chi connectivity index (χ2n) is 6.52. The molecule has 2 aliphatic heterocycles. The molecule has 0 radical (unpaired) electrons. The number of carbonyl (C=O) groups is 2. The van der Waals surface area contributed by atoms with Crippen LogP contribution in [0.1, 0.15) is 25.7 Å². The number of carbonyl (C=O) groups excluding carboxylic acids is 1. The van der Waals surface area contributed by atoms with Crippen molar-refractivity contribution in [2.75, 3.05) is 19.6 Å². The number of hydrogen-bond donors (Lipinski definition) is 1. The van der Waals surface area contributed by atoms with Gasteiger partial charge in [0.25, 0.3) is 0 Å². The minimum atomic E-state index is -3.54. The molecule has 7 nitrogen and oxygen atoms in total. The van der Waals surface area contributed by atoms with Crippen LogP contribution in [-0.2, 0) is 19.6 Å². The van der Waals surface area contributed by atoms with E-state index < -0.39 is 22.0 Å². The summed E-state index contributed by atoms with van der Waals surface area (Å²) in [4.78, 5) is 25.6. The van der Waals surface area contributed by atoms with Gasteiger partial charge in [-0.05, 0) is 37.8 Å². The van der Waals surface area contributed by atoms with E-state index in [0.29, 0.717) is 32.2 Å². The lowest BCUT2D eigenvalue weighted by Crippen LogP contribution is -2.47. The van der Waals surface area contributed by atoms with Crippen LogP contribution in [0.25, 0.3) is 0 Å². The first-order chi connectivity index (χ1) is 11.9. The number of benzene rings is 1. The van der Waals surface area contributed by atoms with Crippen molar-refractivity contribution in [2.45, 2.75) is 36.6 Å². The van der Waals surface area contributed by atoms with E-state index in [1.54, 1.807) is 30.3 Å². The topological polar surface area (TPSA) is 95.0 Å². The number of hydrogen-bond acceptors (Lipinski definition) is 4. The van der Waals surface area contributed by atoms with Gasteiger partial charge >= 0.3 is 5.97 Å². The van der Waals surface area contributed by atoms with E-state index in [9.17, 15) is 23.1 Å². The molecule has 136 valence electrons. The second kappa shape index (κ2) is 7.13. The molecule has 1 N–H and O–H groups in total. The third-order valence-corrected chi connectivity index (χ3v) is 6.92. The Bertz CT molecular complexity index is 742. The zero-order valence-corrected chi connectivity index (χ0v) is 14.7. The van der Waals surface area contributed by atoms with Crippen molar-refractivity contribution in [3.05, 3.63) is 30.3 Å². The first-order valence-electron chi connectivity index (χ1n) is 8.50. The van der Waals surface area contributed by atoms with E-state index in [1.165, 1.54) is 9.21 Å². The Kier molecular flexibility index (Phi) is 5.10. The maximum atomic E-state index is 12.6. The summed E-state index contributed by atoms with van der Waals surface area (Å²) in [5, 5.41) is 9.22. The lowest BCUT2D eigenvalue weighted by Gasteiger charge is -2.33. The number of carboxylic acids is 1. The predicted octanol–water partition coefficient (Wildman–Crippen LogP) is 1.16. The molecule has 0 saturated carbocycles. The number of likely N-dealkylation sites (tertiary alicyclic amines) is 1. The van der Waals surface area contributed by atoms with E-state index in [-0.39, 0.29) is 29.8 Å². The van der Waals surface area contributed by atoms with Crippen molar-refractivity contribution in [2.24, 2.45) is 5.92 Å². The standard InChI is InChI=1S/C17H22N2O5S/c20-16(19-10-4-7-15(19)17(21)22)13-8-11-18(12-9-13)25(23,24)14-5-2-1-3-6-14/h1-3,5-6,13,15H,4,7-12H2,(H,21,22)/t15-/m0/s1. The van der Waals surface area contributed by atoms with Crippen molar-refractivity contribution in [3.63, 3.8) is 0 Å². The molecular formula is C17H22N2O5S. The van der Waals surface area contributed by atoms with Crippen LogP contribution in [-0.4, -0.2) is 60.3 Å². The summed E-state index contributed by atoms with van der Waals surface area (Å²) in [7, 11) is -3.54. The number of aliphatic carboxylic acids is 1. The van der Waals surface area contributed by atoms with Crippen LogP contribution >= 0.6 is 0 Å². The van der Waals surface area contributed by atoms with Crippen molar-refractivity contribution >= 4 is 21.9 Å². The van der Waals surface area contributed by atoms with Gasteiger partial charge in [-0.3, -0.25) is 4.79 Å². The molecular weight excluding hydrogens is 344 g/mol. The molecule has 2 heterocycles. The first-order valence-corrected chi connectivity index (χ1v) is 9.94. The lowest BCUT2D eigenvalue weighted by atomic mass is 9.96. The quantitative estimate of drug-likeness (QED) is 0.863. The SMILES string of the molecule is O=C(O)[C@@H]1CCCN1C(=O)C1CCN(S(=O)(=O)c2ccccc2)CC1. The number of rotatable bonds is 4. The Morgan fingerprint density at radius 3 is 2.24 bits per heavy atom. The number of carboxylic acid groups (broad SMARTS) is 1. The van der Waals surface area contributed by atoms with Crippen LogP contribution in [0.15, 0.2) is 35.2 Å². The monoisotopic (exact) mass is 366 g/mol. The van der Waals surface area contributed by atoms with Crippen LogP contribution < -0.4 is 0 Å². The molecule has 1 aromatic carbocycles. The van der Waals surface area contributed by atoms with E-state index in [2.05, 4.69) is 0 Å². The Labute approximate surface area is 147 Å². The summed E-state index contributed by atoms with van der Waals surface area (Å²) in [6, 6.07) is 7.52. The fraction of sp³-hybridized carbons (Fsp3) is 0.529. The number of nitrogens with zero attached hydrogens (tertiary/aromatic N) is 2. The van der Waals surface area contributed by atoms with Gasteiger partial charge < -0.3 is 10.0 Å². The lowest BCUT2D eigenvalue weighted by molar-refractivity contribution is -0.150. The Balaban J connectivity index is 1.64. The molecule has 2 aliphatic rings. The van der Waals surface area contributed by atoms with Gasteiger partial charge in [-0.15, -0.1) is 0 Å². The predicted molar refractivity (Wildman–Crippen MR) is 90.3 cm³/mol. The molecule has 0 bridgehead atoms. The first kappa shape index (κ1) is 17.9. The summed E-state index contributed by atoms with van der Waals surface area (Å²) < 4.78 is 26.6. The van der Waals surface area contributed by atoms with Gasteiger partial charge in [-0.2, -0.15) is 4.31 Å². The van der Waals surface area contributed by atoms with Crippen molar-refractivity contribution in [1.82, 2.24) is 9.21 Å². The van der Waals surface area contributed by atoms with Crippen LogP contribution in [0.4, 0.5) is 0 Å². The molecule has 0 spiro atoms. The minimum absolute atomic E-state index is 0.151. The summed E-state index contributed by atoms with van der Waals surface area (Å²) in [6.45, 7) is 1.02. The van der Waals surface area contributed by atoms with Gasteiger partial charge in [0.05, 0.1) is 4.90 Å². The van der Waals surface area contributed by atoms with Gasteiger partial charge in [0, 0.05) is 25.6 Å². The molecule has 2 saturated heterocycles. The largest absolute Gasteiger partial charge is 0.480 e. The summed E-state index contributed by atoms with van der Waals surface area (Å²) >= 11 is 0. The van der Waals surface area contributed by atoms with E-state index in [0.717, 1.165) is 0 Å². The maximum absolute atomic E-state index is 12.6. The fourth-order valence-electron chi connectivity index (χ4n) is 3.61. The number of sulfonamides is 1. The zero-order valence-electron chi connectivity index (χ0n) is 13.9. The third-order valence-electron chi connectivity index (χ3n) is 5.01. The molecule has 1 atom stereocenters. The molecule has 25 heavy (non-hydrogen) atoms. The highest BCUT2D eigenvalue weighted by molar-refractivity contribution is 7.89. The van der Waals surface area contributed by atoms with Gasteiger partial charge in [-0.1, -0.05) is 18.2 Å². The summed E-state index contributed by atoms with van der Waals surface area (Å²) in [5.41, 5.74) is 0. The van der Waals surface area contributed by atoms with E-state index in [4.69, 9.17) is 0 Å².